The second kappa shape index (κ2) is 9.24. The first-order valence-electron chi connectivity index (χ1n) is 10.3. The fourth-order valence-electron chi connectivity index (χ4n) is 3.81. The van der Waals surface area contributed by atoms with Crippen LogP contribution in [0.1, 0.15) is 36.5 Å². The summed E-state index contributed by atoms with van der Waals surface area (Å²) in [6, 6.07) is 7.18. The van der Waals surface area contributed by atoms with Crippen molar-refractivity contribution >= 4 is 23.0 Å². The van der Waals surface area contributed by atoms with E-state index in [1.165, 1.54) is 29.1 Å². The molecule has 164 valence electrons. The molecule has 3 aromatic rings. The molecule has 0 fully saturated rings. The lowest BCUT2D eigenvalue weighted by Gasteiger charge is -2.06. The first-order valence-corrected chi connectivity index (χ1v) is 11.1. The molecule has 8 nitrogen and oxygen atoms in total. The van der Waals surface area contributed by atoms with Gasteiger partial charge in [-0.25, -0.2) is 0 Å². The Morgan fingerprint density at radius 1 is 1.38 bits per heavy atom. The van der Waals surface area contributed by atoms with Crippen LogP contribution in [0.4, 0.5) is 0 Å². The maximum Gasteiger partial charge on any atom is 0.269 e. The number of rotatable bonds is 5. The van der Waals surface area contributed by atoms with Crippen molar-refractivity contribution < 1.29 is 9.84 Å². The summed E-state index contributed by atoms with van der Waals surface area (Å²) in [7, 11) is 1.47. The topological polar surface area (TPSA) is 106 Å². The monoisotopic (exact) mass is 449 g/mol. The van der Waals surface area contributed by atoms with Gasteiger partial charge in [-0.2, -0.15) is 5.26 Å². The van der Waals surface area contributed by atoms with Crippen molar-refractivity contribution in [2.45, 2.75) is 38.8 Å². The lowest BCUT2D eigenvalue weighted by atomic mass is 10.2. The van der Waals surface area contributed by atoms with Crippen LogP contribution in [0.15, 0.2) is 35.6 Å². The zero-order chi connectivity index (χ0) is 22.7. The number of hydrogen-bond donors (Lipinski definition) is 1. The highest BCUT2D eigenvalue weighted by Crippen LogP contribution is 2.26. The molecule has 9 heteroatoms. The fourth-order valence-corrected chi connectivity index (χ4v) is 4.92. The molecular formula is C23H23N5O3S. The number of methoxy groups -OCH3 is 1. The van der Waals surface area contributed by atoms with Gasteiger partial charge in [0.15, 0.2) is 17.3 Å². The first-order chi connectivity index (χ1) is 15.6. The van der Waals surface area contributed by atoms with Gasteiger partial charge in [-0.3, -0.25) is 9.36 Å². The predicted molar refractivity (Wildman–Crippen MR) is 122 cm³/mol. The number of hydrogen-bond acceptors (Lipinski definition) is 7. The average molecular weight is 450 g/mol. The van der Waals surface area contributed by atoms with Crippen molar-refractivity contribution in [3.63, 3.8) is 0 Å². The van der Waals surface area contributed by atoms with E-state index >= 15 is 0 Å². The number of aromatic nitrogens is 4. The van der Waals surface area contributed by atoms with Gasteiger partial charge in [-0.05, 0) is 36.6 Å². The Labute approximate surface area is 188 Å². The van der Waals surface area contributed by atoms with Gasteiger partial charge in [0.05, 0.1) is 11.6 Å². The highest BCUT2D eigenvalue weighted by Gasteiger charge is 2.20. The molecule has 3 heterocycles. The molecule has 0 unspecified atom stereocenters. The highest BCUT2D eigenvalue weighted by atomic mass is 32.1. The minimum atomic E-state index is -0.233. The number of ether oxygens (including phenoxy) is 1. The van der Waals surface area contributed by atoms with Crippen LogP contribution in [0.25, 0.3) is 11.6 Å². The number of nitrogens with zero attached hydrogens (tertiary/aromatic N) is 5. The summed E-state index contributed by atoms with van der Waals surface area (Å²) in [4.78, 5) is 13.2. The number of phenols is 1. The lowest BCUT2D eigenvalue weighted by molar-refractivity contribution is 0.373. The van der Waals surface area contributed by atoms with Crippen LogP contribution in [0, 0.1) is 11.3 Å². The predicted octanol–water partition coefficient (Wildman–Crippen LogP) is 1.68. The Bertz CT molecular complexity index is 1390. The third-order valence-corrected chi connectivity index (χ3v) is 6.51. The average Bonchev–Trinajstić information content (AvgIpc) is 3.21. The standard InChI is InChI=1S/C23H23N5O3S/c1-3-10-28-22(30)19(13-15-8-9-18(31-2)17(29)12-15)32-23(28)16(14-24)21-26-25-20-7-5-4-6-11-27(20)21/h3,8-9,12-13,29H,1,4-7,10-11H2,2H3. The van der Waals surface area contributed by atoms with Crippen molar-refractivity contribution in [2.75, 3.05) is 7.11 Å². The Morgan fingerprint density at radius 2 is 2.22 bits per heavy atom. The molecule has 1 aliphatic rings. The van der Waals surface area contributed by atoms with Crippen LogP contribution in [0.3, 0.4) is 0 Å². The maximum atomic E-state index is 13.2. The molecular weight excluding hydrogens is 426 g/mol. The van der Waals surface area contributed by atoms with Gasteiger partial charge in [-0.1, -0.05) is 18.6 Å². The second-order valence-corrected chi connectivity index (χ2v) is 8.47. The molecule has 0 spiro atoms. The molecule has 1 aromatic carbocycles. The van der Waals surface area contributed by atoms with E-state index < -0.39 is 0 Å². The van der Waals surface area contributed by atoms with Crippen molar-refractivity contribution in [1.82, 2.24) is 19.3 Å². The third kappa shape index (κ3) is 3.97. The number of allylic oxidation sites excluding steroid dienone is 1. The molecule has 4 rings (SSSR count). The van der Waals surface area contributed by atoms with Crippen molar-refractivity contribution in [3.05, 3.63) is 67.6 Å². The van der Waals surface area contributed by atoms with E-state index in [0.717, 1.165) is 38.1 Å². The number of aromatic hydroxyl groups is 1. The molecule has 0 atom stereocenters. The van der Waals surface area contributed by atoms with E-state index in [0.29, 0.717) is 31.9 Å². The molecule has 1 N–H and O–H groups in total. The Hall–Kier alpha value is -3.64. The van der Waals surface area contributed by atoms with Crippen LogP contribution in [-0.4, -0.2) is 31.5 Å². The van der Waals surface area contributed by atoms with Gasteiger partial charge in [-0.15, -0.1) is 28.1 Å². The van der Waals surface area contributed by atoms with Gasteiger partial charge >= 0.3 is 0 Å². The molecule has 0 saturated carbocycles. The quantitative estimate of drug-likeness (QED) is 0.594. The van der Waals surface area contributed by atoms with Crippen molar-refractivity contribution in [1.29, 1.82) is 5.26 Å². The molecule has 2 aromatic heterocycles. The summed E-state index contributed by atoms with van der Waals surface area (Å²) in [5.74, 6) is 1.71. The molecule has 0 radical (unpaired) electrons. The molecule has 1 aliphatic heterocycles. The summed E-state index contributed by atoms with van der Waals surface area (Å²) < 4.78 is 9.56. The van der Waals surface area contributed by atoms with Gasteiger partial charge < -0.3 is 14.4 Å². The summed E-state index contributed by atoms with van der Waals surface area (Å²) in [6.45, 7) is 4.77. The third-order valence-electron chi connectivity index (χ3n) is 5.38. The van der Waals surface area contributed by atoms with E-state index in [-0.39, 0.29) is 17.9 Å². The summed E-state index contributed by atoms with van der Waals surface area (Å²) in [5.41, 5.74) is 0.740. The molecule has 0 saturated heterocycles. The zero-order valence-electron chi connectivity index (χ0n) is 17.7. The number of phenolic OH excluding ortho intramolecular Hbond substituents is 1. The second-order valence-electron chi connectivity index (χ2n) is 7.44. The number of aryl methyl sites for hydroxylation is 1. The van der Waals surface area contributed by atoms with Crippen molar-refractivity contribution in [2.24, 2.45) is 0 Å². The number of fused-ring (bicyclic) bond motifs is 1. The van der Waals surface area contributed by atoms with Crippen LogP contribution < -0.4 is 19.5 Å². The van der Waals surface area contributed by atoms with E-state index in [1.807, 2.05) is 4.57 Å². The fraction of sp³-hybridized carbons (Fsp3) is 0.304. The van der Waals surface area contributed by atoms with Gasteiger partial charge in [0.2, 0.25) is 0 Å². The number of nitriles is 1. The minimum absolute atomic E-state index is 0.0140. The van der Waals surface area contributed by atoms with Crippen LogP contribution >= 0.6 is 11.3 Å². The Morgan fingerprint density at radius 3 is 2.94 bits per heavy atom. The lowest BCUT2D eigenvalue weighted by Crippen LogP contribution is -2.32. The van der Waals surface area contributed by atoms with Gasteiger partial charge in [0.25, 0.3) is 5.56 Å². The summed E-state index contributed by atoms with van der Waals surface area (Å²) >= 11 is 1.22. The van der Waals surface area contributed by atoms with E-state index in [1.54, 1.807) is 24.3 Å². The first kappa shape index (κ1) is 21.6. The SMILES string of the molecule is C=CCn1c(=C(C#N)c2nnc3n2CCCCC3)sc(=Cc2ccc(OC)c(O)c2)c1=O. The largest absolute Gasteiger partial charge is 0.504 e. The van der Waals surface area contributed by atoms with Crippen LogP contribution in [-0.2, 0) is 19.5 Å². The number of benzene rings is 1. The minimum Gasteiger partial charge on any atom is -0.504 e. The van der Waals surface area contributed by atoms with Gasteiger partial charge in [0.1, 0.15) is 22.1 Å². The summed E-state index contributed by atoms with van der Waals surface area (Å²) in [6.07, 6.45) is 7.30. The molecule has 0 bridgehead atoms. The maximum absolute atomic E-state index is 13.2. The van der Waals surface area contributed by atoms with E-state index in [2.05, 4.69) is 22.8 Å². The molecule has 0 aliphatic carbocycles. The highest BCUT2D eigenvalue weighted by molar-refractivity contribution is 7.07. The Balaban J connectivity index is 1.95. The number of thiazole rings is 1. The van der Waals surface area contributed by atoms with E-state index in [9.17, 15) is 15.2 Å². The summed E-state index contributed by atoms with van der Waals surface area (Å²) in [5, 5.41) is 28.7. The molecule has 0 amide bonds. The van der Waals surface area contributed by atoms with Crippen LogP contribution in [0.5, 0.6) is 11.5 Å². The van der Waals surface area contributed by atoms with Crippen molar-refractivity contribution in [3.8, 4) is 17.6 Å². The smallest absolute Gasteiger partial charge is 0.269 e. The zero-order valence-corrected chi connectivity index (χ0v) is 18.6. The van der Waals surface area contributed by atoms with Gasteiger partial charge in [0, 0.05) is 19.5 Å². The Kier molecular flexibility index (Phi) is 6.23. The van der Waals surface area contributed by atoms with E-state index in [4.69, 9.17) is 4.74 Å². The molecule has 32 heavy (non-hydrogen) atoms. The normalized spacial score (nSPS) is 14.9. The van der Waals surface area contributed by atoms with Crippen LogP contribution in [0.2, 0.25) is 0 Å².